The average molecular weight is 90.1 g/mol. The zero-order chi connectivity index (χ0) is 5.11. The Kier molecular flexibility index (Phi) is 0.997. The Morgan fingerprint density at radius 1 is 1.43 bits per heavy atom. The van der Waals surface area contributed by atoms with Crippen molar-refractivity contribution in [2.45, 2.75) is 6.92 Å². The molecule has 0 aliphatic carbocycles. The molecule has 1 aromatic carbocycles. The maximum absolute atomic E-state index is 2.84. The van der Waals surface area contributed by atoms with Crippen molar-refractivity contribution in [3.05, 3.63) is 35.9 Å². The van der Waals surface area contributed by atoms with Crippen molar-refractivity contribution >= 4 is 0 Å². The lowest BCUT2D eigenvalue weighted by atomic mass is 10.3. The molecule has 0 nitrogen and oxygen atoms in total. The summed E-state index contributed by atoms with van der Waals surface area (Å²) in [5.41, 5.74) is 1.23. The van der Waals surface area contributed by atoms with E-state index < -0.39 is 0 Å². The highest BCUT2D eigenvalue weighted by molar-refractivity contribution is 5.06. The Bertz CT molecular complexity index is 130. The van der Waals surface area contributed by atoms with Gasteiger partial charge in [0.05, 0.1) is 0 Å². The van der Waals surface area contributed by atoms with E-state index in [2.05, 4.69) is 12.1 Å². The lowest BCUT2D eigenvalue weighted by Crippen LogP contribution is -1.60. The molecular formula is C7H6. The number of hydrogen-bond acceptors (Lipinski definition) is 0. The molecule has 0 spiro atoms. The molecule has 0 aliphatic heterocycles. The van der Waals surface area contributed by atoms with Crippen LogP contribution in [0.4, 0.5) is 0 Å². The molecule has 0 radical (unpaired) electrons. The molecule has 0 saturated heterocycles. The third-order valence-corrected chi connectivity index (χ3v) is 0.813. The minimum Gasteiger partial charge on any atom is -0.0702 e. The number of rotatable bonds is 0. The fourth-order valence-corrected chi connectivity index (χ4v) is 0.425. The van der Waals surface area contributed by atoms with E-state index in [-0.39, 0.29) is 0 Å². The van der Waals surface area contributed by atoms with Gasteiger partial charge < -0.3 is 0 Å². The second kappa shape index (κ2) is 1.66. The van der Waals surface area contributed by atoms with Gasteiger partial charge in [-0.2, -0.15) is 0 Å². The number of hydrogen-bond donors (Lipinski definition) is 0. The Balaban J connectivity index is 3.02. The Morgan fingerprint density at radius 2 is 2.29 bits per heavy atom. The monoisotopic (exact) mass is 90.0 g/mol. The van der Waals surface area contributed by atoms with Gasteiger partial charge in [0.2, 0.25) is 0 Å². The lowest BCUT2D eigenvalue weighted by molar-refractivity contribution is 1.49. The van der Waals surface area contributed by atoms with Crippen LogP contribution in [0.2, 0.25) is 0 Å². The third kappa shape index (κ3) is 0.940. The molecule has 1 rings (SSSR count). The highest BCUT2D eigenvalue weighted by Crippen LogP contribution is 1.87. The molecule has 0 fully saturated rings. The highest BCUT2D eigenvalue weighted by Gasteiger charge is 1.70. The van der Waals surface area contributed by atoms with Crippen molar-refractivity contribution in [3.8, 4) is 0 Å². The topological polar surface area (TPSA) is 0 Å². The maximum atomic E-state index is 2.84. The smallest absolute Gasteiger partial charge is 0.00858 e. The molecule has 0 heterocycles. The standard InChI is InChI=1S/C7H6/c1-7-5-3-2-4-6-7/h3,5-6H,1H3. The van der Waals surface area contributed by atoms with E-state index in [9.17, 15) is 0 Å². The molecule has 7 heavy (non-hydrogen) atoms. The summed E-state index contributed by atoms with van der Waals surface area (Å²) in [6, 6.07) is 11.4. The van der Waals surface area contributed by atoms with E-state index in [0.29, 0.717) is 0 Å². The Labute approximate surface area is 43.8 Å². The molecule has 1 aromatic rings. The summed E-state index contributed by atoms with van der Waals surface area (Å²) in [6.07, 6.45) is 0. The summed E-state index contributed by atoms with van der Waals surface area (Å²) in [4.78, 5) is 0. The molecule has 0 unspecified atom stereocenters. The van der Waals surface area contributed by atoms with Gasteiger partial charge in [0, 0.05) is 0 Å². The molecule has 0 amide bonds. The summed E-state index contributed by atoms with van der Waals surface area (Å²) >= 11 is 0. The normalized spacial score (nSPS) is 7.57. The van der Waals surface area contributed by atoms with Gasteiger partial charge in [-0.3, -0.25) is 0 Å². The first kappa shape index (κ1) is 4.21. The summed E-state index contributed by atoms with van der Waals surface area (Å²) < 4.78 is 0. The summed E-state index contributed by atoms with van der Waals surface area (Å²) in [5, 5.41) is 0. The van der Waals surface area contributed by atoms with Gasteiger partial charge in [-0.25, -0.2) is 0 Å². The molecule has 0 aliphatic rings. The van der Waals surface area contributed by atoms with Crippen molar-refractivity contribution < 1.29 is 0 Å². The zero-order valence-electron chi connectivity index (χ0n) is 4.23. The van der Waals surface area contributed by atoms with Gasteiger partial charge in [0.1, 0.15) is 0 Å². The average Bonchev–Trinajstić information content (AvgIpc) is 1.69. The van der Waals surface area contributed by atoms with Crippen LogP contribution in [-0.2, 0) is 0 Å². The molecule has 0 heteroatoms. The van der Waals surface area contributed by atoms with Crippen LogP contribution >= 0.6 is 0 Å². The van der Waals surface area contributed by atoms with E-state index in [1.54, 1.807) is 0 Å². The van der Waals surface area contributed by atoms with Gasteiger partial charge in [-0.05, 0) is 24.6 Å². The molecule has 0 bridgehead atoms. The van der Waals surface area contributed by atoms with Crippen LogP contribution in [0.1, 0.15) is 5.56 Å². The predicted molar refractivity (Wildman–Crippen MR) is 28.9 cm³/mol. The van der Waals surface area contributed by atoms with Gasteiger partial charge in [-0.15, -0.1) is 0 Å². The van der Waals surface area contributed by atoms with Crippen LogP contribution in [0.15, 0.2) is 18.2 Å². The molecule has 0 aromatic heterocycles. The van der Waals surface area contributed by atoms with Gasteiger partial charge in [0.15, 0.2) is 0 Å². The van der Waals surface area contributed by atoms with Crippen molar-refractivity contribution in [2.75, 3.05) is 0 Å². The van der Waals surface area contributed by atoms with Crippen LogP contribution in [0.3, 0.4) is 0 Å². The summed E-state index contributed by atoms with van der Waals surface area (Å²) in [5.74, 6) is 0. The van der Waals surface area contributed by atoms with Crippen LogP contribution < -0.4 is 0 Å². The Morgan fingerprint density at radius 3 is 2.57 bits per heavy atom. The molecule has 0 N–H and O–H groups in total. The maximum Gasteiger partial charge on any atom is -0.00858 e. The fourth-order valence-electron chi connectivity index (χ4n) is 0.425. The van der Waals surface area contributed by atoms with Gasteiger partial charge in [0.25, 0.3) is 0 Å². The minimum absolute atomic E-state index is 1.23. The first-order chi connectivity index (χ1) is 3.39. The van der Waals surface area contributed by atoms with Crippen molar-refractivity contribution in [3.63, 3.8) is 0 Å². The number of aryl methyl sites for hydroxylation is 1. The predicted octanol–water partition coefficient (Wildman–Crippen LogP) is 1.60. The first-order valence-corrected chi connectivity index (χ1v) is 2.24. The SMILES string of the molecule is Cc1cc#ccc1. The Hall–Kier alpha value is -0.960. The van der Waals surface area contributed by atoms with Crippen molar-refractivity contribution in [2.24, 2.45) is 0 Å². The van der Waals surface area contributed by atoms with E-state index >= 15 is 0 Å². The highest BCUT2D eigenvalue weighted by atomic mass is 13.7. The van der Waals surface area contributed by atoms with Crippen molar-refractivity contribution in [1.82, 2.24) is 0 Å². The zero-order valence-corrected chi connectivity index (χ0v) is 4.23. The second-order valence-corrected chi connectivity index (χ2v) is 1.51. The first-order valence-electron chi connectivity index (χ1n) is 2.24. The lowest BCUT2D eigenvalue weighted by Gasteiger charge is -1.77. The quantitative estimate of drug-likeness (QED) is 0.454. The van der Waals surface area contributed by atoms with Crippen LogP contribution in [0.5, 0.6) is 0 Å². The summed E-state index contributed by atoms with van der Waals surface area (Å²) in [7, 11) is 0. The van der Waals surface area contributed by atoms with Crippen LogP contribution in [0, 0.1) is 19.1 Å². The van der Waals surface area contributed by atoms with E-state index in [1.165, 1.54) is 5.56 Å². The minimum atomic E-state index is 1.23. The summed E-state index contributed by atoms with van der Waals surface area (Å²) in [6.45, 7) is 2.03. The molecule has 0 saturated carbocycles. The van der Waals surface area contributed by atoms with E-state index in [1.807, 2.05) is 25.1 Å². The molecular weight excluding hydrogens is 84.1 g/mol. The van der Waals surface area contributed by atoms with Crippen LogP contribution in [-0.4, -0.2) is 0 Å². The van der Waals surface area contributed by atoms with Gasteiger partial charge >= 0.3 is 0 Å². The second-order valence-electron chi connectivity index (χ2n) is 1.51. The fraction of sp³-hybridized carbons (Fsp3) is 0.143. The van der Waals surface area contributed by atoms with E-state index in [0.717, 1.165) is 0 Å². The molecule has 0 atom stereocenters. The third-order valence-electron chi connectivity index (χ3n) is 0.813. The van der Waals surface area contributed by atoms with Gasteiger partial charge in [-0.1, -0.05) is 18.2 Å². The van der Waals surface area contributed by atoms with Crippen molar-refractivity contribution in [1.29, 1.82) is 0 Å². The largest absolute Gasteiger partial charge is 0.0702 e. The molecule has 34 valence electrons. The van der Waals surface area contributed by atoms with E-state index in [4.69, 9.17) is 0 Å². The van der Waals surface area contributed by atoms with Crippen LogP contribution in [0.25, 0.3) is 0 Å².